The van der Waals surface area contributed by atoms with Crippen molar-refractivity contribution in [1.29, 1.82) is 0 Å². The number of ether oxygens (including phenoxy) is 1. The van der Waals surface area contributed by atoms with Gasteiger partial charge in [0.05, 0.1) is 13.4 Å². The number of hydrogen-bond acceptors (Lipinski definition) is 4. The van der Waals surface area contributed by atoms with Crippen LogP contribution in [0.2, 0.25) is 0 Å². The Morgan fingerprint density at radius 1 is 1.32 bits per heavy atom. The fourth-order valence-corrected chi connectivity index (χ4v) is 2.48. The zero-order valence-electron chi connectivity index (χ0n) is 14.0. The first kappa shape index (κ1) is 16.6. The van der Waals surface area contributed by atoms with E-state index in [4.69, 9.17) is 9.15 Å². The summed E-state index contributed by atoms with van der Waals surface area (Å²) in [5, 5.41) is 2.98. The first-order valence-corrected chi connectivity index (χ1v) is 7.80. The molecular formula is C19H19N3O3. The molecule has 3 aromatic rings. The summed E-state index contributed by atoms with van der Waals surface area (Å²) in [6.45, 7) is 0. The molecule has 0 aliphatic rings. The van der Waals surface area contributed by atoms with E-state index in [1.54, 1.807) is 37.8 Å². The molecule has 6 nitrogen and oxygen atoms in total. The lowest BCUT2D eigenvalue weighted by atomic mass is 10.1. The highest BCUT2D eigenvalue weighted by Crippen LogP contribution is 2.23. The van der Waals surface area contributed by atoms with Crippen LogP contribution in [0.5, 0.6) is 5.75 Å². The van der Waals surface area contributed by atoms with Gasteiger partial charge in [-0.1, -0.05) is 12.1 Å². The fourth-order valence-electron chi connectivity index (χ4n) is 2.48. The smallest absolute Gasteiger partial charge is 0.244 e. The molecule has 1 unspecified atom stereocenters. The Morgan fingerprint density at radius 3 is 2.72 bits per heavy atom. The Morgan fingerprint density at radius 2 is 2.12 bits per heavy atom. The Hall–Kier alpha value is -3.28. The molecule has 2 aromatic heterocycles. The van der Waals surface area contributed by atoms with Gasteiger partial charge in [-0.25, -0.2) is 4.98 Å². The van der Waals surface area contributed by atoms with E-state index in [0.717, 1.165) is 17.1 Å². The molecule has 1 N–H and O–H groups in total. The van der Waals surface area contributed by atoms with E-state index in [1.807, 2.05) is 42.1 Å². The van der Waals surface area contributed by atoms with Crippen LogP contribution in [0.3, 0.4) is 0 Å². The number of furan rings is 1. The Balaban J connectivity index is 1.83. The lowest BCUT2D eigenvalue weighted by Gasteiger charge is -2.18. The highest BCUT2D eigenvalue weighted by molar-refractivity contribution is 5.91. The second kappa shape index (κ2) is 7.53. The highest BCUT2D eigenvalue weighted by Gasteiger charge is 2.20. The fraction of sp³-hybridized carbons (Fsp3) is 0.158. The van der Waals surface area contributed by atoms with Crippen molar-refractivity contribution in [1.82, 2.24) is 14.9 Å². The summed E-state index contributed by atoms with van der Waals surface area (Å²) in [4.78, 5) is 16.7. The number of carbonyl (C=O) groups is 1. The second-order valence-corrected chi connectivity index (χ2v) is 5.46. The number of amides is 1. The van der Waals surface area contributed by atoms with E-state index >= 15 is 0 Å². The Kier molecular flexibility index (Phi) is 4.99. The third-order valence-electron chi connectivity index (χ3n) is 3.79. The Labute approximate surface area is 145 Å². The van der Waals surface area contributed by atoms with Crippen molar-refractivity contribution >= 4 is 12.0 Å². The number of imidazole rings is 1. The number of aromatic nitrogens is 2. The minimum Gasteiger partial charge on any atom is -0.497 e. The maximum Gasteiger partial charge on any atom is 0.244 e. The molecule has 0 aliphatic carbocycles. The number of carbonyl (C=O) groups excluding carboxylic acids is 1. The summed E-state index contributed by atoms with van der Waals surface area (Å²) in [7, 11) is 3.51. The molecule has 0 radical (unpaired) electrons. The summed E-state index contributed by atoms with van der Waals surface area (Å²) in [6.07, 6.45) is 8.18. The largest absolute Gasteiger partial charge is 0.497 e. The van der Waals surface area contributed by atoms with Crippen LogP contribution in [0, 0.1) is 0 Å². The van der Waals surface area contributed by atoms with Gasteiger partial charge in [0.1, 0.15) is 23.4 Å². The summed E-state index contributed by atoms with van der Waals surface area (Å²) in [6, 6.07) is 10.7. The lowest BCUT2D eigenvalue weighted by molar-refractivity contribution is -0.117. The van der Waals surface area contributed by atoms with Gasteiger partial charge < -0.3 is 19.0 Å². The van der Waals surface area contributed by atoms with Crippen LogP contribution in [0.1, 0.15) is 23.2 Å². The molecule has 0 saturated carbocycles. The third kappa shape index (κ3) is 3.98. The molecule has 0 spiro atoms. The van der Waals surface area contributed by atoms with Crippen LogP contribution in [-0.4, -0.2) is 22.6 Å². The number of hydrogen-bond donors (Lipinski definition) is 1. The molecule has 2 heterocycles. The van der Waals surface area contributed by atoms with E-state index in [1.165, 1.54) is 6.08 Å². The molecule has 1 atom stereocenters. The first-order chi connectivity index (χ1) is 12.2. The monoisotopic (exact) mass is 337 g/mol. The summed E-state index contributed by atoms with van der Waals surface area (Å²) in [5.74, 6) is 1.88. The van der Waals surface area contributed by atoms with Crippen LogP contribution in [0.15, 0.2) is 65.5 Å². The average Bonchev–Trinajstić information content (AvgIpc) is 3.30. The highest BCUT2D eigenvalue weighted by atomic mass is 16.5. The van der Waals surface area contributed by atoms with Crippen LogP contribution >= 0.6 is 0 Å². The van der Waals surface area contributed by atoms with Gasteiger partial charge in [0.2, 0.25) is 5.91 Å². The van der Waals surface area contributed by atoms with Gasteiger partial charge in [-0.3, -0.25) is 4.79 Å². The SMILES string of the molecule is COc1ccc(C(NC(=O)/C=C/c2ccco2)c2nccn2C)cc1. The lowest BCUT2D eigenvalue weighted by Crippen LogP contribution is -2.29. The molecule has 0 aliphatic heterocycles. The van der Waals surface area contributed by atoms with E-state index < -0.39 is 0 Å². The van der Waals surface area contributed by atoms with Crippen molar-refractivity contribution in [2.45, 2.75) is 6.04 Å². The number of benzene rings is 1. The standard InChI is InChI=1S/C19H19N3O3/c1-22-12-11-20-19(22)18(14-5-7-15(24-2)8-6-14)21-17(23)10-9-16-4-3-13-25-16/h3-13,18H,1-2H3,(H,21,23)/b10-9+. The zero-order chi connectivity index (χ0) is 17.6. The number of nitrogens with one attached hydrogen (secondary N) is 1. The van der Waals surface area contributed by atoms with Gasteiger partial charge in [0.15, 0.2) is 0 Å². The molecule has 0 fully saturated rings. The average molecular weight is 337 g/mol. The Bertz CT molecular complexity index is 848. The predicted molar refractivity (Wildman–Crippen MR) is 93.9 cm³/mol. The molecule has 6 heteroatoms. The van der Waals surface area contributed by atoms with Crippen molar-refractivity contribution in [2.75, 3.05) is 7.11 Å². The number of rotatable bonds is 6. The minimum absolute atomic E-state index is 0.236. The van der Waals surface area contributed by atoms with Crippen LogP contribution in [0.4, 0.5) is 0 Å². The van der Waals surface area contributed by atoms with Crippen molar-refractivity contribution in [3.63, 3.8) is 0 Å². The maximum atomic E-state index is 12.4. The quantitative estimate of drug-likeness (QED) is 0.702. The van der Waals surface area contributed by atoms with E-state index in [9.17, 15) is 4.79 Å². The normalized spacial score (nSPS) is 12.2. The third-order valence-corrected chi connectivity index (χ3v) is 3.79. The molecular weight excluding hydrogens is 318 g/mol. The van der Waals surface area contributed by atoms with Crippen molar-refractivity contribution in [3.05, 3.63) is 78.3 Å². The van der Waals surface area contributed by atoms with Gasteiger partial charge in [-0.2, -0.15) is 0 Å². The van der Waals surface area contributed by atoms with Crippen LogP contribution in [0.25, 0.3) is 6.08 Å². The molecule has 1 aromatic carbocycles. The van der Waals surface area contributed by atoms with Gasteiger partial charge in [-0.15, -0.1) is 0 Å². The maximum absolute atomic E-state index is 12.4. The summed E-state index contributed by atoms with van der Waals surface area (Å²) in [5.41, 5.74) is 0.912. The van der Waals surface area contributed by atoms with Crippen molar-refractivity contribution < 1.29 is 13.9 Å². The molecule has 128 valence electrons. The molecule has 3 rings (SSSR count). The van der Waals surface area contributed by atoms with Gasteiger partial charge in [0, 0.05) is 25.5 Å². The van der Waals surface area contributed by atoms with Crippen molar-refractivity contribution in [3.8, 4) is 5.75 Å². The molecule has 25 heavy (non-hydrogen) atoms. The van der Waals surface area contributed by atoms with E-state index in [-0.39, 0.29) is 11.9 Å². The molecule has 0 saturated heterocycles. The second-order valence-electron chi connectivity index (χ2n) is 5.46. The van der Waals surface area contributed by atoms with E-state index in [0.29, 0.717) is 5.76 Å². The van der Waals surface area contributed by atoms with Gasteiger partial charge in [-0.05, 0) is 35.9 Å². The zero-order valence-corrected chi connectivity index (χ0v) is 14.0. The van der Waals surface area contributed by atoms with Crippen LogP contribution in [-0.2, 0) is 11.8 Å². The summed E-state index contributed by atoms with van der Waals surface area (Å²) >= 11 is 0. The van der Waals surface area contributed by atoms with E-state index in [2.05, 4.69) is 10.3 Å². The number of methoxy groups -OCH3 is 1. The van der Waals surface area contributed by atoms with Gasteiger partial charge in [0.25, 0.3) is 0 Å². The van der Waals surface area contributed by atoms with Gasteiger partial charge >= 0.3 is 0 Å². The predicted octanol–water partition coefficient (Wildman–Crippen LogP) is 2.94. The van der Waals surface area contributed by atoms with Crippen LogP contribution < -0.4 is 10.1 Å². The molecule has 0 bridgehead atoms. The molecule has 1 amide bonds. The van der Waals surface area contributed by atoms with Crippen molar-refractivity contribution in [2.24, 2.45) is 7.05 Å². The topological polar surface area (TPSA) is 69.3 Å². The minimum atomic E-state index is -0.375. The first-order valence-electron chi connectivity index (χ1n) is 7.80. The summed E-state index contributed by atoms with van der Waals surface area (Å²) < 4.78 is 12.3. The number of aryl methyl sites for hydroxylation is 1. The number of nitrogens with zero attached hydrogens (tertiary/aromatic N) is 2.